The highest BCUT2D eigenvalue weighted by Crippen LogP contribution is 2.25. The van der Waals surface area contributed by atoms with E-state index in [0.717, 1.165) is 17.8 Å². The Bertz CT molecular complexity index is 389. The molecule has 0 bridgehead atoms. The zero-order valence-corrected chi connectivity index (χ0v) is 8.20. The van der Waals surface area contributed by atoms with Crippen molar-refractivity contribution in [3.8, 4) is 0 Å². The second-order valence-corrected chi connectivity index (χ2v) is 3.28. The number of hydrogen-bond acceptors (Lipinski definition) is 3. The minimum absolute atomic E-state index is 0.0522. The maximum Gasteiger partial charge on any atom is 0.235 e. The molecule has 0 saturated carbocycles. The van der Waals surface area contributed by atoms with Crippen LogP contribution in [0.3, 0.4) is 0 Å². The number of rotatable bonds is 3. The van der Waals surface area contributed by atoms with Crippen LogP contribution < -0.4 is 0 Å². The highest BCUT2D eigenvalue weighted by atomic mass is 32.2. The predicted molar refractivity (Wildman–Crippen MR) is 50.0 cm³/mol. The highest BCUT2D eigenvalue weighted by molar-refractivity contribution is 7.98. The Morgan fingerprint density at radius 3 is 2.79 bits per heavy atom. The molecule has 0 atom stereocenters. The summed E-state index contributed by atoms with van der Waals surface area (Å²) in [5.41, 5.74) is 0.194. The number of benzene rings is 1. The van der Waals surface area contributed by atoms with Crippen LogP contribution in [-0.4, -0.2) is 12.3 Å². The average Bonchev–Trinajstić information content (AvgIpc) is 2.18. The normalized spacial score (nSPS) is 9.64. The van der Waals surface area contributed by atoms with Crippen LogP contribution in [0.1, 0.15) is 5.56 Å². The lowest BCUT2D eigenvalue weighted by Gasteiger charge is -2.04. The van der Waals surface area contributed by atoms with E-state index < -0.39 is 11.6 Å². The maximum absolute atomic E-state index is 13.4. The van der Waals surface area contributed by atoms with E-state index in [0.29, 0.717) is 0 Å². The Kier molecular flexibility index (Phi) is 3.80. The van der Waals surface area contributed by atoms with E-state index >= 15 is 0 Å². The minimum atomic E-state index is -0.656. The molecule has 1 aromatic carbocycles. The van der Waals surface area contributed by atoms with Crippen LogP contribution >= 0.6 is 11.8 Å². The van der Waals surface area contributed by atoms with Gasteiger partial charge in [-0.05, 0) is 12.3 Å². The Hall–Kier alpha value is -1.19. The monoisotopic (exact) mass is 215 g/mol. The summed E-state index contributed by atoms with van der Waals surface area (Å²) >= 11 is 0.979. The number of nitrogens with zero attached hydrogens (tertiary/aromatic N) is 1. The molecule has 0 N–H and O–H groups in total. The van der Waals surface area contributed by atoms with E-state index in [1.807, 2.05) is 0 Å². The van der Waals surface area contributed by atoms with Crippen LogP contribution in [0.5, 0.6) is 0 Å². The van der Waals surface area contributed by atoms with Gasteiger partial charge >= 0.3 is 0 Å². The van der Waals surface area contributed by atoms with Crippen molar-refractivity contribution in [3.05, 3.63) is 29.3 Å². The molecule has 74 valence electrons. The molecule has 0 spiro atoms. The number of hydrogen-bond donors (Lipinski definition) is 0. The molecule has 0 amide bonds. The molecule has 0 aliphatic carbocycles. The highest BCUT2D eigenvalue weighted by Gasteiger charge is 2.11. The molecule has 0 aromatic heterocycles. The first kappa shape index (κ1) is 10.9. The fourth-order valence-electron chi connectivity index (χ4n) is 1.000. The van der Waals surface area contributed by atoms with Gasteiger partial charge in [-0.15, -0.1) is 11.8 Å². The summed E-state index contributed by atoms with van der Waals surface area (Å²) in [7, 11) is 0. The van der Waals surface area contributed by atoms with E-state index in [1.165, 1.54) is 12.1 Å². The largest absolute Gasteiger partial charge is 0.235 e. The van der Waals surface area contributed by atoms with E-state index in [1.54, 1.807) is 6.26 Å². The number of thioether (sulfide) groups is 1. The van der Waals surface area contributed by atoms with Crippen molar-refractivity contribution in [3.63, 3.8) is 0 Å². The van der Waals surface area contributed by atoms with Gasteiger partial charge in [-0.1, -0.05) is 6.07 Å². The predicted octanol–water partition coefficient (Wildman–Crippen LogP) is 2.52. The summed E-state index contributed by atoms with van der Waals surface area (Å²) < 4.78 is 26.4. The average molecular weight is 215 g/mol. The molecular weight excluding hydrogens is 208 g/mol. The standard InChI is InChI=1S/C9H7F2NOS/c1-14-9-7(10)3-2-6(8(9)11)4-12-5-13/h2-3H,4H2,1H3. The van der Waals surface area contributed by atoms with Gasteiger partial charge in [0.15, 0.2) is 0 Å². The molecular formula is C9H7F2NOS. The molecule has 0 unspecified atom stereocenters. The molecule has 1 aromatic rings. The summed E-state index contributed by atoms with van der Waals surface area (Å²) in [6.07, 6.45) is 2.88. The van der Waals surface area contributed by atoms with Crippen molar-refractivity contribution in [2.75, 3.05) is 6.26 Å². The summed E-state index contributed by atoms with van der Waals surface area (Å²) in [6, 6.07) is 2.43. The lowest BCUT2D eigenvalue weighted by Crippen LogP contribution is -1.94. The molecule has 0 saturated heterocycles. The zero-order chi connectivity index (χ0) is 10.6. The smallest absolute Gasteiger partial charge is 0.211 e. The first-order chi connectivity index (χ1) is 6.70. The second kappa shape index (κ2) is 4.88. The quantitative estimate of drug-likeness (QED) is 0.440. The molecule has 1 rings (SSSR count). The summed E-state index contributed by atoms with van der Waals surface area (Å²) in [5, 5.41) is 0. The van der Waals surface area contributed by atoms with Crippen molar-refractivity contribution in [1.82, 2.24) is 0 Å². The Morgan fingerprint density at radius 2 is 2.21 bits per heavy atom. The third kappa shape index (κ3) is 2.19. The first-order valence-corrected chi connectivity index (χ1v) is 4.97. The Balaban J connectivity index is 3.13. The van der Waals surface area contributed by atoms with E-state index in [-0.39, 0.29) is 17.0 Å². The molecule has 2 nitrogen and oxygen atoms in total. The van der Waals surface area contributed by atoms with Crippen LogP contribution in [0, 0.1) is 11.6 Å². The number of halogens is 2. The molecule has 0 fully saturated rings. The van der Waals surface area contributed by atoms with Crippen LogP contribution in [-0.2, 0) is 11.3 Å². The number of carbonyl (C=O) groups excluding carboxylic acids is 1. The van der Waals surface area contributed by atoms with Gasteiger partial charge in [0.25, 0.3) is 0 Å². The summed E-state index contributed by atoms with van der Waals surface area (Å²) in [5.74, 6) is -1.26. The first-order valence-electron chi connectivity index (χ1n) is 3.75. The van der Waals surface area contributed by atoms with Crippen molar-refractivity contribution in [2.24, 2.45) is 4.99 Å². The topological polar surface area (TPSA) is 29.4 Å². The number of aliphatic imine (C=N–C) groups is 1. The SMILES string of the molecule is CSc1c(F)ccc(CN=C=O)c1F. The van der Waals surface area contributed by atoms with Crippen LogP contribution in [0.25, 0.3) is 0 Å². The lowest BCUT2D eigenvalue weighted by atomic mass is 10.2. The van der Waals surface area contributed by atoms with E-state index in [4.69, 9.17) is 0 Å². The van der Waals surface area contributed by atoms with E-state index in [9.17, 15) is 13.6 Å². The van der Waals surface area contributed by atoms with E-state index in [2.05, 4.69) is 4.99 Å². The van der Waals surface area contributed by atoms with Gasteiger partial charge in [-0.25, -0.2) is 18.6 Å². The molecule has 0 radical (unpaired) electrons. The Morgan fingerprint density at radius 1 is 1.50 bits per heavy atom. The molecule has 0 heterocycles. The summed E-state index contributed by atoms with van der Waals surface area (Å²) in [4.78, 5) is 13.0. The van der Waals surface area contributed by atoms with Gasteiger partial charge in [0.05, 0.1) is 11.4 Å². The van der Waals surface area contributed by atoms with Crippen LogP contribution in [0.4, 0.5) is 8.78 Å². The van der Waals surface area contributed by atoms with Crippen LogP contribution in [0.15, 0.2) is 22.0 Å². The van der Waals surface area contributed by atoms with Gasteiger partial charge in [-0.2, -0.15) is 0 Å². The second-order valence-electron chi connectivity index (χ2n) is 2.46. The van der Waals surface area contributed by atoms with Crippen molar-refractivity contribution < 1.29 is 13.6 Å². The van der Waals surface area contributed by atoms with Gasteiger partial charge in [0, 0.05) is 5.56 Å². The zero-order valence-electron chi connectivity index (χ0n) is 7.38. The molecule has 0 aliphatic heterocycles. The lowest BCUT2D eigenvalue weighted by molar-refractivity contribution is 0.530. The fourth-order valence-corrected chi connectivity index (χ4v) is 1.57. The van der Waals surface area contributed by atoms with Gasteiger partial charge in [0.1, 0.15) is 11.6 Å². The minimum Gasteiger partial charge on any atom is -0.211 e. The van der Waals surface area contributed by atoms with Gasteiger partial charge in [-0.3, -0.25) is 0 Å². The van der Waals surface area contributed by atoms with Gasteiger partial charge < -0.3 is 0 Å². The fraction of sp³-hybridized carbons (Fsp3) is 0.222. The van der Waals surface area contributed by atoms with Crippen molar-refractivity contribution in [1.29, 1.82) is 0 Å². The third-order valence-corrected chi connectivity index (χ3v) is 2.43. The summed E-state index contributed by atoms with van der Waals surface area (Å²) in [6.45, 7) is -0.108. The third-order valence-electron chi connectivity index (χ3n) is 1.65. The molecule has 5 heteroatoms. The Labute approximate surface area is 84.0 Å². The van der Waals surface area contributed by atoms with Crippen molar-refractivity contribution >= 4 is 17.8 Å². The molecule has 0 aliphatic rings. The number of isocyanates is 1. The molecule has 14 heavy (non-hydrogen) atoms. The van der Waals surface area contributed by atoms with Crippen LogP contribution in [0.2, 0.25) is 0 Å². The maximum atomic E-state index is 13.4. The van der Waals surface area contributed by atoms with Crippen molar-refractivity contribution in [2.45, 2.75) is 11.4 Å². The van der Waals surface area contributed by atoms with Gasteiger partial charge in [0.2, 0.25) is 6.08 Å².